The Bertz CT molecular complexity index is 592. The molecule has 2 saturated carbocycles. The van der Waals surface area contributed by atoms with Crippen molar-refractivity contribution in [1.29, 1.82) is 0 Å². The normalized spacial score (nSPS) is 39.9. The van der Waals surface area contributed by atoms with Crippen molar-refractivity contribution in [2.75, 3.05) is 5.01 Å². The highest BCUT2D eigenvalue weighted by Crippen LogP contribution is 2.52. The molecule has 4 aliphatic rings. The fraction of sp³-hybridized carbons (Fsp3) is 0.833. The molecule has 0 spiro atoms. The van der Waals surface area contributed by atoms with Gasteiger partial charge < -0.3 is 4.57 Å². The van der Waals surface area contributed by atoms with Crippen LogP contribution in [0.5, 0.6) is 0 Å². The second kappa shape index (κ2) is 4.73. The lowest BCUT2D eigenvalue weighted by Crippen LogP contribution is -2.52. The van der Waals surface area contributed by atoms with E-state index in [-0.39, 0.29) is 0 Å². The Balaban J connectivity index is 1.65. The summed E-state index contributed by atoms with van der Waals surface area (Å²) >= 11 is 0. The lowest BCUT2D eigenvalue weighted by Gasteiger charge is -2.48. The summed E-state index contributed by atoms with van der Waals surface area (Å²) in [6.45, 7) is 4.40. The Kier molecular flexibility index (Phi) is 2.89. The van der Waals surface area contributed by atoms with Crippen LogP contribution in [0.1, 0.15) is 68.9 Å². The number of aromatic nitrogens is 2. The van der Waals surface area contributed by atoms with E-state index in [4.69, 9.17) is 4.98 Å². The molecule has 0 radical (unpaired) electrons. The largest absolute Gasteiger partial charge is 0.310 e. The molecule has 5 unspecified atom stereocenters. The molecule has 1 saturated heterocycles. The number of fused-ring (bicyclic) bond motifs is 8. The Morgan fingerprint density at radius 1 is 0.955 bits per heavy atom. The number of imidazole rings is 1. The van der Waals surface area contributed by atoms with Gasteiger partial charge in [0.1, 0.15) is 11.6 Å². The Hall–Kier alpha value is -1.03. The zero-order valence-electron chi connectivity index (χ0n) is 13.9. The summed E-state index contributed by atoms with van der Waals surface area (Å²) in [7, 11) is 0. The Labute approximate surface area is 133 Å². The van der Waals surface area contributed by atoms with E-state index in [1.165, 1.54) is 68.7 Å². The predicted molar refractivity (Wildman–Crippen MR) is 87.8 cm³/mol. The number of rotatable bonds is 0. The van der Waals surface area contributed by atoms with Crippen LogP contribution >= 0.6 is 0 Å². The Morgan fingerprint density at radius 2 is 1.68 bits per heavy atom. The molecule has 5 rings (SSSR count). The van der Waals surface area contributed by atoms with Crippen LogP contribution in [-0.2, 0) is 0 Å². The van der Waals surface area contributed by atoms with Crippen LogP contribution in [0.2, 0.25) is 0 Å². The van der Waals surface area contributed by atoms with Crippen LogP contribution in [0.25, 0.3) is 0 Å². The summed E-state index contributed by atoms with van der Waals surface area (Å²) in [5.74, 6) is 4.30. The number of hydrogen-bond donors (Lipinski definition) is 1. The van der Waals surface area contributed by atoms with Gasteiger partial charge in [0.2, 0.25) is 0 Å². The molecule has 2 aliphatic carbocycles. The molecule has 22 heavy (non-hydrogen) atoms. The number of anilines is 1. The molecule has 1 aromatic heterocycles. The van der Waals surface area contributed by atoms with Crippen molar-refractivity contribution >= 4 is 5.82 Å². The van der Waals surface area contributed by atoms with Gasteiger partial charge in [0, 0.05) is 18.0 Å². The third-order valence-corrected chi connectivity index (χ3v) is 6.87. The van der Waals surface area contributed by atoms with Crippen LogP contribution in [0.15, 0.2) is 0 Å². The molecule has 3 fully saturated rings. The van der Waals surface area contributed by atoms with E-state index in [2.05, 4.69) is 28.8 Å². The van der Waals surface area contributed by atoms with Crippen molar-refractivity contribution in [3.8, 4) is 0 Å². The van der Waals surface area contributed by atoms with E-state index in [0.717, 1.165) is 17.9 Å². The van der Waals surface area contributed by atoms with Gasteiger partial charge in [0.05, 0.1) is 11.7 Å². The molecule has 4 nitrogen and oxygen atoms in total. The fourth-order valence-electron chi connectivity index (χ4n) is 6.12. The van der Waals surface area contributed by atoms with Crippen molar-refractivity contribution in [2.45, 2.75) is 83.3 Å². The molecule has 0 bridgehead atoms. The second-order valence-corrected chi connectivity index (χ2v) is 8.00. The maximum absolute atomic E-state index is 4.84. The summed E-state index contributed by atoms with van der Waals surface area (Å²) in [6, 6.07) is 2.13. The molecule has 2 aliphatic heterocycles. The third kappa shape index (κ3) is 1.65. The topological polar surface area (TPSA) is 33.1 Å². The fourth-order valence-corrected chi connectivity index (χ4v) is 6.12. The van der Waals surface area contributed by atoms with Gasteiger partial charge in [-0.2, -0.15) is 0 Å². The monoisotopic (exact) mass is 300 g/mol. The number of hydrogen-bond acceptors (Lipinski definition) is 3. The maximum Gasteiger partial charge on any atom is 0.146 e. The van der Waals surface area contributed by atoms with E-state index in [1.54, 1.807) is 0 Å². The van der Waals surface area contributed by atoms with Crippen molar-refractivity contribution in [2.24, 2.45) is 11.8 Å². The van der Waals surface area contributed by atoms with E-state index >= 15 is 0 Å². The number of aryl methyl sites for hydroxylation is 2. The zero-order chi connectivity index (χ0) is 14.8. The molecule has 1 N–H and O–H groups in total. The molecule has 1 aromatic rings. The summed E-state index contributed by atoms with van der Waals surface area (Å²) < 4.78 is 2.58. The highest BCUT2D eigenvalue weighted by Gasteiger charge is 2.53. The van der Waals surface area contributed by atoms with Crippen LogP contribution in [0.3, 0.4) is 0 Å². The van der Waals surface area contributed by atoms with E-state index in [0.29, 0.717) is 12.1 Å². The standard InChI is InChI=1S/C18H28N4/c1-11-18-21(12(2)19-11)16-10-6-4-8-14(16)17-13-7-3-5-9-15(13)20-22(17)18/h13-17,20H,3-10H2,1-2H3. The average Bonchev–Trinajstić information content (AvgIpc) is 3.05. The van der Waals surface area contributed by atoms with Crippen molar-refractivity contribution in [1.82, 2.24) is 15.0 Å². The maximum atomic E-state index is 4.84. The summed E-state index contributed by atoms with van der Waals surface area (Å²) in [5, 5.41) is 2.57. The van der Waals surface area contributed by atoms with Gasteiger partial charge in [-0.3, -0.25) is 5.01 Å². The van der Waals surface area contributed by atoms with Crippen molar-refractivity contribution < 1.29 is 0 Å². The summed E-state index contributed by atoms with van der Waals surface area (Å²) in [6.07, 6.45) is 11.2. The molecule has 0 aromatic carbocycles. The van der Waals surface area contributed by atoms with Gasteiger partial charge in [0.15, 0.2) is 0 Å². The van der Waals surface area contributed by atoms with Gasteiger partial charge in [0.25, 0.3) is 0 Å². The van der Waals surface area contributed by atoms with Crippen molar-refractivity contribution in [3.05, 3.63) is 11.5 Å². The van der Waals surface area contributed by atoms with Gasteiger partial charge in [-0.25, -0.2) is 10.4 Å². The number of nitrogens with zero attached hydrogens (tertiary/aromatic N) is 3. The number of nitrogens with one attached hydrogen (secondary N) is 1. The predicted octanol–water partition coefficient (Wildman–Crippen LogP) is 3.50. The Morgan fingerprint density at radius 3 is 2.55 bits per heavy atom. The first-order valence-corrected chi connectivity index (χ1v) is 9.36. The van der Waals surface area contributed by atoms with Gasteiger partial charge >= 0.3 is 0 Å². The zero-order valence-corrected chi connectivity index (χ0v) is 13.9. The lowest BCUT2D eigenvalue weighted by molar-refractivity contribution is 0.147. The SMILES string of the molecule is Cc1nc(C)n2c1N1NC3CCCCC3C1C1CCCCC12. The van der Waals surface area contributed by atoms with E-state index in [9.17, 15) is 0 Å². The van der Waals surface area contributed by atoms with Crippen LogP contribution in [-0.4, -0.2) is 21.6 Å². The molecule has 3 heterocycles. The van der Waals surface area contributed by atoms with Gasteiger partial charge in [-0.05, 0) is 45.4 Å². The first-order chi connectivity index (χ1) is 10.8. The highest BCUT2D eigenvalue weighted by molar-refractivity contribution is 5.51. The first-order valence-electron chi connectivity index (χ1n) is 9.36. The molecular weight excluding hydrogens is 272 g/mol. The summed E-state index contributed by atoms with van der Waals surface area (Å²) in [4.78, 5) is 4.84. The molecule has 120 valence electrons. The molecular formula is C18H28N4. The van der Waals surface area contributed by atoms with Crippen molar-refractivity contribution in [3.63, 3.8) is 0 Å². The number of hydrazine groups is 1. The summed E-state index contributed by atoms with van der Waals surface area (Å²) in [5.41, 5.74) is 5.13. The van der Waals surface area contributed by atoms with Crippen LogP contribution < -0.4 is 10.4 Å². The van der Waals surface area contributed by atoms with E-state index < -0.39 is 0 Å². The minimum atomic E-state index is 0.702. The first kappa shape index (κ1) is 13.4. The van der Waals surface area contributed by atoms with Crippen LogP contribution in [0.4, 0.5) is 5.82 Å². The highest BCUT2D eigenvalue weighted by atomic mass is 15.6. The smallest absolute Gasteiger partial charge is 0.146 e. The minimum absolute atomic E-state index is 0.702. The van der Waals surface area contributed by atoms with Gasteiger partial charge in [-0.15, -0.1) is 0 Å². The molecule has 5 atom stereocenters. The third-order valence-electron chi connectivity index (χ3n) is 6.87. The second-order valence-electron chi connectivity index (χ2n) is 8.00. The van der Waals surface area contributed by atoms with Gasteiger partial charge in [-0.1, -0.05) is 25.7 Å². The lowest BCUT2D eigenvalue weighted by atomic mass is 9.70. The van der Waals surface area contributed by atoms with E-state index in [1.807, 2.05) is 0 Å². The van der Waals surface area contributed by atoms with Crippen LogP contribution in [0, 0.1) is 25.7 Å². The molecule has 4 heteroatoms. The molecule has 0 amide bonds. The minimum Gasteiger partial charge on any atom is -0.310 e. The quantitative estimate of drug-likeness (QED) is 0.796. The average molecular weight is 300 g/mol.